The van der Waals surface area contributed by atoms with Crippen LogP contribution in [0.2, 0.25) is 0 Å². The summed E-state index contributed by atoms with van der Waals surface area (Å²) >= 11 is 5.61. The van der Waals surface area contributed by atoms with Crippen molar-refractivity contribution >= 4 is 23.4 Å². The minimum Gasteiger partial charge on any atom is -0.469 e. The second-order valence-electron chi connectivity index (χ2n) is 4.88. The van der Waals surface area contributed by atoms with Crippen LogP contribution < -0.4 is 0 Å². The minimum absolute atomic E-state index is 0.0173. The van der Waals surface area contributed by atoms with Crippen molar-refractivity contribution in [1.82, 2.24) is 4.57 Å². The molecule has 1 aromatic rings. The van der Waals surface area contributed by atoms with Crippen LogP contribution in [0.3, 0.4) is 0 Å². The van der Waals surface area contributed by atoms with E-state index in [1.165, 1.54) is 7.11 Å². The van der Waals surface area contributed by atoms with Crippen molar-refractivity contribution in [2.75, 3.05) is 13.0 Å². The Morgan fingerprint density at radius 1 is 1.25 bits per heavy atom. The van der Waals surface area contributed by atoms with Gasteiger partial charge in [-0.3, -0.25) is 9.59 Å². The smallest absolute Gasteiger partial charge is 0.305 e. The number of ketones is 1. The van der Waals surface area contributed by atoms with Gasteiger partial charge in [0.05, 0.1) is 13.0 Å². The largest absolute Gasteiger partial charge is 0.469 e. The first-order chi connectivity index (χ1) is 9.51. The molecule has 0 atom stereocenters. The fourth-order valence-electron chi connectivity index (χ4n) is 2.32. The third-order valence-electron chi connectivity index (χ3n) is 3.49. The summed E-state index contributed by atoms with van der Waals surface area (Å²) in [4.78, 5) is 22.7. The van der Waals surface area contributed by atoms with E-state index in [2.05, 4.69) is 9.30 Å². The van der Waals surface area contributed by atoms with E-state index in [9.17, 15) is 9.59 Å². The van der Waals surface area contributed by atoms with Crippen molar-refractivity contribution in [2.24, 2.45) is 0 Å². The van der Waals surface area contributed by atoms with Gasteiger partial charge in [-0.1, -0.05) is 6.42 Å². The van der Waals surface area contributed by atoms with Crippen molar-refractivity contribution in [2.45, 2.75) is 46.1 Å². The molecule has 0 amide bonds. The zero-order valence-corrected chi connectivity index (χ0v) is 13.1. The Hall–Kier alpha value is -1.29. The molecule has 0 aromatic carbocycles. The number of hydrogen-bond acceptors (Lipinski definition) is 3. The molecule has 0 aliphatic carbocycles. The van der Waals surface area contributed by atoms with Crippen molar-refractivity contribution in [1.29, 1.82) is 0 Å². The SMILES string of the molecule is COC(=O)CCCCCn1c(C)cc(C(=O)CCl)c1C. The molecule has 0 saturated carbocycles. The predicted octanol–water partition coefficient (Wildman–Crippen LogP) is 3.26. The first-order valence-electron chi connectivity index (χ1n) is 6.84. The molecule has 5 heteroatoms. The summed E-state index contributed by atoms with van der Waals surface area (Å²) in [7, 11) is 1.41. The number of hydrogen-bond donors (Lipinski definition) is 0. The lowest BCUT2D eigenvalue weighted by molar-refractivity contribution is -0.140. The van der Waals surface area contributed by atoms with Gasteiger partial charge in [0.1, 0.15) is 0 Å². The predicted molar refractivity (Wildman–Crippen MR) is 79.4 cm³/mol. The van der Waals surface area contributed by atoms with Gasteiger partial charge in [0.15, 0.2) is 5.78 Å². The number of esters is 1. The molecule has 0 unspecified atom stereocenters. The van der Waals surface area contributed by atoms with Crippen LogP contribution in [-0.4, -0.2) is 29.3 Å². The Balaban J connectivity index is 2.50. The third-order valence-corrected chi connectivity index (χ3v) is 3.73. The zero-order chi connectivity index (χ0) is 15.1. The van der Waals surface area contributed by atoms with Crippen LogP contribution in [0.4, 0.5) is 0 Å². The number of alkyl halides is 1. The number of nitrogens with zero attached hydrogens (tertiary/aromatic N) is 1. The molecule has 20 heavy (non-hydrogen) atoms. The number of carbonyl (C=O) groups excluding carboxylic acids is 2. The third kappa shape index (κ3) is 4.37. The van der Waals surface area contributed by atoms with Crippen LogP contribution >= 0.6 is 11.6 Å². The van der Waals surface area contributed by atoms with Gasteiger partial charge in [0, 0.05) is 29.9 Å². The van der Waals surface area contributed by atoms with Gasteiger partial charge >= 0.3 is 5.97 Å². The van der Waals surface area contributed by atoms with Gasteiger partial charge in [-0.05, 0) is 32.8 Å². The summed E-state index contributed by atoms with van der Waals surface area (Å²) in [6.45, 7) is 4.79. The molecular formula is C15H22ClNO3. The Kier molecular flexibility index (Phi) is 6.79. The number of aryl methyl sites for hydroxylation is 1. The van der Waals surface area contributed by atoms with E-state index in [1.54, 1.807) is 0 Å². The molecule has 0 bridgehead atoms. The number of carbonyl (C=O) groups is 2. The normalized spacial score (nSPS) is 10.6. The van der Waals surface area contributed by atoms with E-state index in [0.29, 0.717) is 12.0 Å². The molecule has 0 aliphatic rings. The van der Waals surface area contributed by atoms with Crippen LogP contribution in [0, 0.1) is 13.8 Å². The van der Waals surface area contributed by atoms with E-state index >= 15 is 0 Å². The second kappa shape index (κ2) is 8.10. The minimum atomic E-state index is -0.159. The lowest BCUT2D eigenvalue weighted by Crippen LogP contribution is -2.06. The number of ether oxygens (including phenoxy) is 1. The topological polar surface area (TPSA) is 48.3 Å². The maximum atomic E-state index is 11.7. The highest BCUT2D eigenvalue weighted by molar-refractivity contribution is 6.30. The average Bonchev–Trinajstić information content (AvgIpc) is 2.73. The van der Waals surface area contributed by atoms with Gasteiger partial charge in [0.2, 0.25) is 0 Å². The van der Waals surface area contributed by atoms with Gasteiger partial charge in [-0.25, -0.2) is 0 Å². The highest BCUT2D eigenvalue weighted by atomic mass is 35.5. The van der Waals surface area contributed by atoms with Gasteiger partial charge in [-0.15, -0.1) is 11.6 Å². The highest BCUT2D eigenvalue weighted by Gasteiger charge is 2.14. The zero-order valence-electron chi connectivity index (χ0n) is 12.4. The number of aromatic nitrogens is 1. The summed E-state index contributed by atoms with van der Waals surface area (Å²) in [5, 5.41) is 0. The maximum Gasteiger partial charge on any atom is 0.305 e. The summed E-state index contributed by atoms with van der Waals surface area (Å²) in [5.41, 5.74) is 2.76. The summed E-state index contributed by atoms with van der Waals surface area (Å²) in [6.07, 6.45) is 3.24. The first kappa shape index (κ1) is 16.8. The molecule has 1 heterocycles. The standard InChI is InChI=1S/C15H22ClNO3/c1-11-9-13(14(18)10-16)12(2)17(11)8-6-4-5-7-15(19)20-3/h9H,4-8,10H2,1-3H3. The van der Waals surface area contributed by atoms with Crippen LogP contribution in [-0.2, 0) is 16.1 Å². The van der Waals surface area contributed by atoms with Crippen molar-refractivity contribution in [3.05, 3.63) is 23.0 Å². The number of halogens is 1. The summed E-state index contributed by atoms with van der Waals surface area (Å²) < 4.78 is 6.74. The summed E-state index contributed by atoms with van der Waals surface area (Å²) in [5.74, 6) is -0.173. The quantitative estimate of drug-likeness (QED) is 0.320. The van der Waals surface area contributed by atoms with E-state index in [1.807, 2.05) is 19.9 Å². The molecule has 0 N–H and O–H groups in total. The van der Waals surface area contributed by atoms with E-state index < -0.39 is 0 Å². The fourth-order valence-corrected chi connectivity index (χ4v) is 2.46. The molecule has 0 saturated heterocycles. The monoisotopic (exact) mass is 299 g/mol. The molecular weight excluding hydrogens is 278 g/mol. The lowest BCUT2D eigenvalue weighted by Gasteiger charge is -2.09. The fraction of sp³-hybridized carbons (Fsp3) is 0.600. The molecule has 4 nitrogen and oxygen atoms in total. The number of methoxy groups -OCH3 is 1. The van der Waals surface area contributed by atoms with E-state index in [0.717, 1.165) is 37.2 Å². The molecule has 1 rings (SSSR count). The second-order valence-corrected chi connectivity index (χ2v) is 5.15. The molecule has 0 fully saturated rings. The van der Waals surface area contributed by atoms with Gasteiger partial charge in [0.25, 0.3) is 0 Å². The summed E-state index contributed by atoms with van der Waals surface area (Å²) in [6, 6.07) is 1.90. The number of unbranched alkanes of at least 4 members (excludes halogenated alkanes) is 2. The number of rotatable bonds is 8. The van der Waals surface area contributed by atoms with Crippen LogP contribution in [0.5, 0.6) is 0 Å². The van der Waals surface area contributed by atoms with Crippen LogP contribution in [0.1, 0.15) is 47.4 Å². The molecule has 0 radical (unpaired) electrons. The maximum absolute atomic E-state index is 11.7. The van der Waals surface area contributed by atoms with Gasteiger partial charge in [-0.2, -0.15) is 0 Å². The van der Waals surface area contributed by atoms with Crippen molar-refractivity contribution in [3.8, 4) is 0 Å². The van der Waals surface area contributed by atoms with E-state index in [4.69, 9.17) is 11.6 Å². The van der Waals surface area contributed by atoms with Gasteiger partial charge < -0.3 is 9.30 Å². The van der Waals surface area contributed by atoms with Crippen molar-refractivity contribution < 1.29 is 14.3 Å². The Bertz CT molecular complexity index is 480. The first-order valence-corrected chi connectivity index (χ1v) is 7.37. The lowest BCUT2D eigenvalue weighted by atomic mass is 10.2. The Labute approximate surface area is 125 Å². The molecule has 1 aromatic heterocycles. The van der Waals surface area contributed by atoms with Crippen molar-refractivity contribution in [3.63, 3.8) is 0 Å². The Morgan fingerprint density at radius 3 is 2.55 bits per heavy atom. The highest BCUT2D eigenvalue weighted by Crippen LogP contribution is 2.17. The molecule has 112 valence electrons. The molecule has 0 spiro atoms. The van der Waals surface area contributed by atoms with E-state index in [-0.39, 0.29) is 17.6 Å². The molecule has 0 aliphatic heterocycles. The average molecular weight is 300 g/mol. The Morgan fingerprint density at radius 2 is 1.95 bits per heavy atom. The van der Waals surface area contributed by atoms with Crippen LogP contribution in [0.15, 0.2) is 6.07 Å². The number of Topliss-reactive ketones (excluding diaryl/α,β-unsaturated/α-hetero) is 1. The van der Waals surface area contributed by atoms with Crippen LogP contribution in [0.25, 0.3) is 0 Å².